The summed E-state index contributed by atoms with van der Waals surface area (Å²) < 4.78 is 43.0. The second-order valence-electron chi connectivity index (χ2n) is 40.7. The molecule has 0 radical (unpaired) electrons. The summed E-state index contributed by atoms with van der Waals surface area (Å²) in [5.41, 5.74) is 4.58. The molecule has 0 N–H and O–H groups in total. The van der Waals surface area contributed by atoms with Gasteiger partial charge in [0.1, 0.15) is 0 Å². The maximum absolute atomic E-state index is 7.49. The Morgan fingerprint density at radius 2 is 0.798 bits per heavy atom. The summed E-state index contributed by atoms with van der Waals surface area (Å²) in [5, 5.41) is 0. The third kappa shape index (κ3) is 33.7. The SMILES string of the molecule is CC(C)(C)C.CC1CCC2(CC1)CCC(C)(C)CC2.CC1CCC2(CCCC2)CC1.CCC12CC3CC(CC(C3)C1)C2.C[C@@H]1CCC2C(C1)CC(C)(C)CC2(C)C.C[C@@H]1CCC2CCCCC2C1.[2H]C(C)(C)C.[2H]C([2H])(C)C(C)(C)C.[2H]C([2H])(C)C(C)C.[2H]C1(C)CCCC1. The van der Waals surface area contributed by atoms with Crippen LogP contribution in [0, 0.1) is 126 Å². The summed E-state index contributed by atoms with van der Waals surface area (Å²) in [6, 6.07) is 0. The topological polar surface area (TPSA) is 0 Å². The fourth-order valence-electron chi connectivity index (χ4n) is 20.0. The summed E-state index contributed by atoms with van der Waals surface area (Å²) >= 11 is 0. The molecular formula is C89H174. The molecule has 89 heavy (non-hydrogen) atoms. The lowest BCUT2D eigenvalue weighted by atomic mass is 9.49. The van der Waals surface area contributed by atoms with Gasteiger partial charge < -0.3 is 0 Å². The van der Waals surface area contributed by atoms with Crippen molar-refractivity contribution in [2.75, 3.05) is 0 Å². The van der Waals surface area contributed by atoms with Crippen molar-refractivity contribution in [3.63, 3.8) is 0 Å². The van der Waals surface area contributed by atoms with E-state index in [1.807, 2.05) is 62.3 Å². The number of rotatable bonds is 2. The zero-order valence-corrected chi connectivity index (χ0v) is 66.5. The quantitative estimate of drug-likeness (QED) is 0.259. The van der Waals surface area contributed by atoms with E-state index in [0.29, 0.717) is 21.7 Å². The smallest absolute Gasteiger partial charge is 0.0300 e. The molecule has 4 bridgehead atoms. The highest BCUT2D eigenvalue weighted by Gasteiger charge is 2.50. The zero-order valence-electron chi connectivity index (χ0n) is 72.5. The Morgan fingerprint density at radius 1 is 0.427 bits per heavy atom. The largest absolute Gasteiger partial charge is 0.0651 e. The van der Waals surface area contributed by atoms with Crippen molar-refractivity contribution in [3.8, 4) is 0 Å². The molecule has 0 saturated heterocycles. The number of hydrogen-bond donors (Lipinski definition) is 0. The first-order valence-corrected chi connectivity index (χ1v) is 40.2. The maximum atomic E-state index is 7.49. The molecular weight excluding hydrogens is 1070 g/mol. The lowest BCUT2D eigenvalue weighted by Gasteiger charge is -2.56. The van der Waals surface area contributed by atoms with Crippen LogP contribution in [0.25, 0.3) is 0 Å². The summed E-state index contributed by atoms with van der Waals surface area (Å²) in [6.45, 7) is 56.0. The van der Waals surface area contributed by atoms with Gasteiger partial charge in [-0.05, 0) is 267 Å². The Balaban J connectivity index is 0.000000280. The Morgan fingerprint density at radius 3 is 1.17 bits per heavy atom. The molecule has 0 amide bonds. The minimum Gasteiger partial charge on any atom is -0.0651 e. The highest BCUT2D eigenvalue weighted by molar-refractivity contribution is 5.01. The minimum absolute atomic E-state index is 0.0556. The molecule has 6 atom stereocenters. The van der Waals surface area contributed by atoms with Gasteiger partial charge in [0, 0.05) is 8.22 Å². The fraction of sp³-hybridized carbons (Fsp3) is 1.00. The Bertz CT molecular complexity index is 1960. The van der Waals surface area contributed by atoms with Gasteiger partial charge in [-0.1, -0.05) is 302 Å². The van der Waals surface area contributed by atoms with Crippen molar-refractivity contribution in [2.24, 2.45) is 126 Å². The van der Waals surface area contributed by atoms with E-state index in [1.165, 1.54) is 148 Å². The predicted octanol–water partition coefficient (Wildman–Crippen LogP) is 31.1. The summed E-state index contributed by atoms with van der Waals surface area (Å²) in [6.07, 6.45) is 56.2. The van der Waals surface area contributed by atoms with Gasteiger partial charge in [-0.25, -0.2) is 0 Å². The van der Waals surface area contributed by atoms with Crippen LogP contribution in [0.4, 0.5) is 0 Å². The van der Waals surface area contributed by atoms with Gasteiger partial charge in [0.05, 0.1) is 0 Å². The minimum atomic E-state index is -1.06. The molecule has 0 aromatic carbocycles. The molecule has 13 aliphatic rings. The van der Waals surface area contributed by atoms with E-state index in [1.54, 1.807) is 104 Å². The van der Waals surface area contributed by atoms with Gasteiger partial charge in [-0.15, -0.1) is 0 Å². The molecule has 0 heterocycles. The molecule has 13 saturated carbocycles. The molecule has 4 unspecified atom stereocenters. The maximum Gasteiger partial charge on any atom is 0.0300 e. The van der Waals surface area contributed by atoms with E-state index >= 15 is 0 Å². The van der Waals surface area contributed by atoms with E-state index in [2.05, 4.69) is 104 Å². The molecule has 0 aliphatic heterocycles. The summed E-state index contributed by atoms with van der Waals surface area (Å²) in [5.74, 6) is 11.6. The van der Waals surface area contributed by atoms with Crippen LogP contribution in [0.1, 0.15) is 451 Å². The summed E-state index contributed by atoms with van der Waals surface area (Å²) in [7, 11) is 0. The van der Waals surface area contributed by atoms with Gasteiger partial charge >= 0.3 is 0 Å². The first-order chi connectivity index (χ1) is 43.2. The van der Waals surface area contributed by atoms with Crippen molar-refractivity contribution in [1.29, 1.82) is 0 Å². The Hall–Kier alpha value is 0. The molecule has 0 nitrogen and oxygen atoms in total. The Labute approximate surface area is 574 Å². The van der Waals surface area contributed by atoms with Gasteiger partial charge in [-0.3, -0.25) is 0 Å². The first kappa shape index (κ1) is 73.3. The van der Waals surface area contributed by atoms with Gasteiger partial charge in [0.15, 0.2) is 0 Å². The van der Waals surface area contributed by atoms with Crippen molar-refractivity contribution in [3.05, 3.63) is 0 Å². The van der Waals surface area contributed by atoms with Crippen LogP contribution in [-0.4, -0.2) is 0 Å². The van der Waals surface area contributed by atoms with Crippen LogP contribution < -0.4 is 0 Å². The third-order valence-corrected chi connectivity index (χ3v) is 25.5. The van der Waals surface area contributed by atoms with Crippen molar-refractivity contribution >= 4 is 0 Å². The normalized spacial score (nSPS) is 35.3. The lowest BCUT2D eigenvalue weighted by molar-refractivity contribution is -0.0545. The molecule has 0 aromatic heterocycles. The first-order valence-electron chi connectivity index (χ1n) is 43.2. The molecule has 0 heteroatoms. The van der Waals surface area contributed by atoms with Crippen molar-refractivity contribution in [2.45, 2.75) is 443 Å². The standard InChI is InChI=1S/C15H28.C14H26.C12H20.2C11H20.C6H12.C6H14.2C5H12.C4H10/c1-11-6-7-13-12(8-11)9-14(2,3)10-15(13,4)5;1-12-4-6-14(7-5-12)10-8-13(2,3)9-11-14;1-2-12-6-9-3-10(7-12)5-11(4-9)8-12;1-10-4-8-11(9-5-10)6-2-3-7-11;1-9-6-7-10-4-2-3-5-11(10)8-9;1-6-4-2-3-5-6;1-5-6(2,3)4;1-5(2,3)4;1-4-5(2)3;1-4(2)3/h11-13H,6-10H2,1-5H3;12H,4-11H2,1-3H3;9-11H,2-8H2,1H3;10H,2-9H2,1H3;9-11H,2-8H2,1H3;6H,2-5H2,1H3;5H2,1-4H3;1-4H3;5H,4H2,1-3H3;4H,1-3H3/t11-,12?,13?;;;;9-,10?,11?;;;;;/m1...1...../s1/i;;;;;6D;5D2;;4D2;4D. The zero-order chi connectivity index (χ0) is 72.5. The van der Waals surface area contributed by atoms with Gasteiger partial charge in [-0.2, -0.15) is 0 Å². The second kappa shape index (κ2) is 38.8. The predicted molar refractivity (Wildman–Crippen MR) is 405 cm³/mol. The summed E-state index contributed by atoms with van der Waals surface area (Å²) in [4.78, 5) is 0. The highest BCUT2D eigenvalue weighted by Crippen LogP contribution is 2.62. The third-order valence-electron chi connectivity index (χ3n) is 25.5. The van der Waals surface area contributed by atoms with Crippen LogP contribution in [0.15, 0.2) is 0 Å². The molecule has 530 valence electrons. The van der Waals surface area contributed by atoms with Crippen LogP contribution in [0.5, 0.6) is 0 Å². The van der Waals surface area contributed by atoms with E-state index in [-0.39, 0.29) is 23.1 Å². The number of fused-ring (bicyclic) bond motifs is 2. The average Bonchev–Trinajstić information content (AvgIpc) is 1.33. The highest BCUT2D eigenvalue weighted by atomic mass is 14.6. The molecule has 13 aliphatic carbocycles. The molecule has 2 spiro atoms. The second-order valence-corrected chi connectivity index (χ2v) is 40.7. The molecule has 13 fully saturated rings. The van der Waals surface area contributed by atoms with Gasteiger partial charge in [0.25, 0.3) is 0 Å². The van der Waals surface area contributed by atoms with Crippen molar-refractivity contribution in [1.82, 2.24) is 0 Å². The molecule has 13 rings (SSSR count). The van der Waals surface area contributed by atoms with Crippen molar-refractivity contribution < 1.29 is 8.22 Å². The lowest BCUT2D eigenvalue weighted by Crippen LogP contribution is -2.45. The van der Waals surface area contributed by atoms with E-state index in [4.69, 9.17) is 8.22 Å². The van der Waals surface area contributed by atoms with Gasteiger partial charge in [0.2, 0.25) is 0 Å². The van der Waals surface area contributed by atoms with E-state index < -0.39 is 12.7 Å². The Kier molecular flexibility index (Phi) is 31.9. The van der Waals surface area contributed by atoms with Crippen LogP contribution in [0.3, 0.4) is 0 Å². The number of hydrogen-bond acceptors (Lipinski definition) is 0. The fourth-order valence-corrected chi connectivity index (χ4v) is 20.0. The monoisotopic (exact) mass is 1250 g/mol. The average molecular weight is 1250 g/mol. The van der Waals surface area contributed by atoms with Crippen LogP contribution in [-0.2, 0) is 0 Å². The van der Waals surface area contributed by atoms with E-state index in [9.17, 15) is 0 Å². The van der Waals surface area contributed by atoms with E-state index in [0.717, 1.165) is 94.2 Å². The molecule has 0 aromatic rings. The van der Waals surface area contributed by atoms with Crippen LogP contribution >= 0.6 is 0 Å². The van der Waals surface area contributed by atoms with Crippen LogP contribution in [0.2, 0.25) is 0 Å².